The van der Waals surface area contributed by atoms with E-state index >= 15 is 0 Å². The van der Waals surface area contributed by atoms with E-state index in [1.54, 1.807) is 36.7 Å². The number of hydrogen-bond acceptors (Lipinski definition) is 5. The van der Waals surface area contributed by atoms with Gasteiger partial charge in [0.2, 0.25) is 0 Å². The number of esters is 1. The Labute approximate surface area is 152 Å². The number of hydrogen-bond donors (Lipinski definition) is 1. The lowest BCUT2D eigenvalue weighted by Gasteiger charge is -2.12. The van der Waals surface area contributed by atoms with Gasteiger partial charge >= 0.3 is 5.97 Å². The van der Waals surface area contributed by atoms with Gasteiger partial charge in [-0.05, 0) is 43.2 Å². The lowest BCUT2D eigenvalue weighted by atomic mass is 10.1. The van der Waals surface area contributed by atoms with Crippen molar-refractivity contribution in [1.29, 1.82) is 0 Å². The summed E-state index contributed by atoms with van der Waals surface area (Å²) >= 11 is 0. The maximum Gasteiger partial charge on any atom is 0.338 e. The number of ether oxygens (including phenoxy) is 1. The predicted octanol–water partition coefficient (Wildman–Crippen LogP) is 4.03. The summed E-state index contributed by atoms with van der Waals surface area (Å²) in [7, 11) is 0. The fraction of sp³-hybridized carbons (Fsp3) is 0.190. The number of aryl methyl sites for hydroxylation is 1. The molecule has 1 aromatic heterocycles. The molecule has 0 radical (unpaired) electrons. The normalized spacial score (nSPS) is 11.7. The SMILES string of the molecule is CC(CCc1ncc(-c2ccc(O)cc2)cn1)OC(=O)c1ccccc1. The van der Waals surface area contributed by atoms with Crippen LogP contribution in [0.3, 0.4) is 0 Å². The van der Waals surface area contributed by atoms with E-state index < -0.39 is 0 Å². The highest BCUT2D eigenvalue weighted by atomic mass is 16.5. The molecule has 0 aliphatic heterocycles. The molecule has 132 valence electrons. The topological polar surface area (TPSA) is 72.3 Å². The third kappa shape index (κ3) is 4.66. The van der Waals surface area contributed by atoms with Gasteiger partial charge in [0.05, 0.1) is 11.7 Å². The van der Waals surface area contributed by atoms with Gasteiger partial charge in [0.25, 0.3) is 0 Å². The molecular weight excluding hydrogens is 328 g/mol. The van der Waals surface area contributed by atoms with Crippen molar-refractivity contribution in [2.45, 2.75) is 25.9 Å². The zero-order valence-corrected chi connectivity index (χ0v) is 14.5. The smallest absolute Gasteiger partial charge is 0.338 e. The third-order valence-corrected chi connectivity index (χ3v) is 4.00. The van der Waals surface area contributed by atoms with Crippen LogP contribution in [0.2, 0.25) is 0 Å². The minimum absolute atomic E-state index is 0.219. The number of phenols is 1. The second kappa shape index (κ2) is 8.25. The van der Waals surface area contributed by atoms with Crippen LogP contribution in [0.15, 0.2) is 67.0 Å². The van der Waals surface area contributed by atoms with E-state index in [0.29, 0.717) is 24.2 Å². The highest BCUT2D eigenvalue weighted by Crippen LogP contribution is 2.20. The number of nitrogens with zero attached hydrogens (tertiary/aromatic N) is 2. The number of rotatable bonds is 6. The zero-order valence-electron chi connectivity index (χ0n) is 14.5. The van der Waals surface area contributed by atoms with Gasteiger partial charge in [-0.1, -0.05) is 30.3 Å². The van der Waals surface area contributed by atoms with Crippen LogP contribution >= 0.6 is 0 Å². The van der Waals surface area contributed by atoms with Crippen LogP contribution in [0.25, 0.3) is 11.1 Å². The van der Waals surface area contributed by atoms with Gasteiger partial charge in [-0.3, -0.25) is 0 Å². The van der Waals surface area contributed by atoms with Crippen LogP contribution in [-0.2, 0) is 11.2 Å². The summed E-state index contributed by atoms with van der Waals surface area (Å²) in [6, 6.07) is 15.9. The Morgan fingerprint density at radius 2 is 1.65 bits per heavy atom. The van der Waals surface area contributed by atoms with Crippen molar-refractivity contribution in [1.82, 2.24) is 9.97 Å². The average Bonchev–Trinajstić information content (AvgIpc) is 2.68. The van der Waals surface area contributed by atoms with Gasteiger partial charge in [0.15, 0.2) is 0 Å². The number of carbonyl (C=O) groups excluding carboxylic acids is 1. The van der Waals surface area contributed by atoms with Crippen molar-refractivity contribution in [3.8, 4) is 16.9 Å². The Morgan fingerprint density at radius 1 is 1.00 bits per heavy atom. The standard InChI is InChI=1S/C21H20N2O3/c1-15(26-21(25)17-5-3-2-4-6-17)7-12-20-22-13-18(14-23-20)16-8-10-19(24)11-9-16/h2-6,8-11,13-15,24H,7,12H2,1H3. The van der Waals surface area contributed by atoms with Crippen molar-refractivity contribution in [2.24, 2.45) is 0 Å². The molecule has 0 spiro atoms. The van der Waals surface area contributed by atoms with Gasteiger partial charge in [-0.25, -0.2) is 14.8 Å². The second-order valence-corrected chi connectivity index (χ2v) is 6.06. The maximum atomic E-state index is 12.0. The number of phenolic OH excluding ortho intramolecular Hbond substituents is 1. The van der Waals surface area contributed by atoms with E-state index in [4.69, 9.17) is 4.74 Å². The lowest BCUT2D eigenvalue weighted by molar-refractivity contribution is 0.0324. The van der Waals surface area contributed by atoms with Crippen LogP contribution in [0.1, 0.15) is 29.5 Å². The van der Waals surface area contributed by atoms with Crippen LogP contribution < -0.4 is 0 Å². The number of aromatic hydroxyl groups is 1. The Hall–Kier alpha value is -3.21. The molecule has 0 fully saturated rings. The monoisotopic (exact) mass is 348 g/mol. The van der Waals surface area contributed by atoms with Crippen molar-refractivity contribution >= 4 is 5.97 Å². The molecule has 3 rings (SSSR count). The van der Waals surface area contributed by atoms with E-state index in [0.717, 1.165) is 11.1 Å². The molecule has 26 heavy (non-hydrogen) atoms. The molecule has 0 aliphatic rings. The van der Waals surface area contributed by atoms with Crippen molar-refractivity contribution in [3.05, 3.63) is 78.4 Å². The molecule has 0 saturated carbocycles. The highest BCUT2D eigenvalue weighted by molar-refractivity contribution is 5.89. The summed E-state index contributed by atoms with van der Waals surface area (Å²) in [5.41, 5.74) is 2.38. The molecule has 1 N–H and O–H groups in total. The van der Waals surface area contributed by atoms with Crippen molar-refractivity contribution in [2.75, 3.05) is 0 Å². The Bertz CT molecular complexity index is 847. The fourth-order valence-electron chi connectivity index (χ4n) is 2.50. The van der Waals surface area contributed by atoms with Crippen LogP contribution in [0, 0.1) is 0 Å². The van der Waals surface area contributed by atoms with Crippen LogP contribution in [0.5, 0.6) is 5.75 Å². The zero-order chi connectivity index (χ0) is 18.4. The van der Waals surface area contributed by atoms with Gasteiger partial charge in [0.1, 0.15) is 11.6 Å². The summed E-state index contributed by atoms with van der Waals surface area (Å²) in [5, 5.41) is 9.34. The average molecular weight is 348 g/mol. The maximum absolute atomic E-state index is 12.0. The molecule has 1 atom stereocenters. The Morgan fingerprint density at radius 3 is 2.31 bits per heavy atom. The summed E-state index contributed by atoms with van der Waals surface area (Å²) < 4.78 is 5.44. The molecular formula is C21H20N2O3. The Kier molecular flexibility index (Phi) is 5.59. The van der Waals surface area contributed by atoms with Crippen molar-refractivity contribution < 1.29 is 14.6 Å². The Balaban J connectivity index is 1.53. The molecule has 0 bridgehead atoms. The fourth-order valence-corrected chi connectivity index (χ4v) is 2.50. The minimum atomic E-state index is -0.318. The third-order valence-electron chi connectivity index (χ3n) is 4.00. The van der Waals surface area contributed by atoms with Gasteiger partial charge in [-0.15, -0.1) is 0 Å². The highest BCUT2D eigenvalue weighted by Gasteiger charge is 2.12. The van der Waals surface area contributed by atoms with Gasteiger partial charge in [-0.2, -0.15) is 0 Å². The summed E-state index contributed by atoms with van der Waals surface area (Å²) in [5.74, 6) is 0.613. The summed E-state index contributed by atoms with van der Waals surface area (Å²) in [6.07, 6.45) is 4.57. The summed E-state index contributed by atoms with van der Waals surface area (Å²) in [4.78, 5) is 20.8. The van der Waals surface area contributed by atoms with Crippen LogP contribution in [0.4, 0.5) is 0 Å². The van der Waals surface area contributed by atoms with Gasteiger partial charge < -0.3 is 9.84 Å². The van der Waals surface area contributed by atoms with Gasteiger partial charge in [0, 0.05) is 24.4 Å². The molecule has 5 heteroatoms. The molecule has 1 unspecified atom stereocenters. The number of benzene rings is 2. The van der Waals surface area contributed by atoms with E-state index in [9.17, 15) is 9.90 Å². The molecule has 0 amide bonds. The summed E-state index contributed by atoms with van der Waals surface area (Å²) in [6.45, 7) is 1.87. The molecule has 2 aromatic carbocycles. The number of carbonyl (C=O) groups is 1. The van der Waals surface area contributed by atoms with E-state index in [2.05, 4.69) is 9.97 Å². The molecule has 0 saturated heterocycles. The van der Waals surface area contributed by atoms with Crippen LogP contribution in [-0.4, -0.2) is 27.1 Å². The largest absolute Gasteiger partial charge is 0.508 e. The van der Waals surface area contributed by atoms with E-state index in [-0.39, 0.29) is 17.8 Å². The number of aromatic nitrogens is 2. The minimum Gasteiger partial charge on any atom is -0.508 e. The van der Waals surface area contributed by atoms with E-state index in [1.165, 1.54) is 0 Å². The first-order valence-corrected chi connectivity index (χ1v) is 8.48. The quantitative estimate of drug-likeness (QED) is 0.681. The predicted molar refractivity (Wildman–Crippen MR) is 98.8 cm³/mol. The van der Waals surface area contributed by atoms with Crippen molar-refractivity contribution in [3.63, 3.8) is 0 Å². The first kappa shape index (κ1) is 17.6. The van der Waals surface area contributed by atoms with E-state index in [1.807, 2.05) is 37.3 Å². The molecule has 1 heterocycles. The lowest BCUT2D eigenvalue weighted by Crippen LogP contribution is -2.16. The molecule has 0 aliphatic carbocycles. The second-order valence-electron chi connectivity index (χ2n) is 6.06. The first-order chi connectivity index (χ1) is 12.6. The molecule has 5 nitrogen and oxygen atoms in total. The first-order valence-electron chi connectivity index (χ1n) is 8.48. The molecule has 3 aromatic rings.